The van der Waals surface area contributed by atoms with Crippen molar-refractivity contribution in [1.29, 1.82) is 0 Å². The van der Waals surface area contributed by atoms with E-state index in [2.05, 4.69) is 9.97 Å². The van der Waals surface area contributed by atoms with Gasteiger partial charge in [0.05, 0.1) is 21.6 Å². The lowest BCUT2D eigenvalue weighted by Crippen LogP contribution is -2.08. The minimum absolute atomic E-state index is 0.0636. The van der Waals surface area contributed by atoms with Gasteiger partial charge in [0.2, 0.25) is 0 Å². The fourth-order valence-corrected chi connectivity index (χ4v) is 3.60. The number of para-hydroxylation sites is 2. The molecule has 5 aromatic rings. The highest BCUT2D eigenvalue weighted by atomic mass is 35.5. The van der Waals surface area contributed by atoms with E-state index in [1.54, 1.807) is 36.4 Å². The van der Waals surface area contributed by atoms with Crippen LogP contribution in [0.15, 0.2) is 64.2 Å². The lowest BCUT2D eigenvalue weighted by atomic mass is 10.1. The molecular formula is C20H11ClN2O2. The highest BCUT2D eigenvalue weighted by molar-refractivity contribution is 6.35. The Morgan fingerprint density at radius 1 is 0.640 bits per heavy atom. The molecule has 0 aliphatic rings. The van der Waals surface area contributed by atoms with E-state index >= 15 is 0 Å². The molecule has 5 rings (SSSR count). The van der Waals surface area contributed by atoms with E-state index in [1.807, 2.05) is 18.2 Å². The van der Waals surface area contributed by atoms with Gasteiger partial charge in [0, 0.05) is 27.1 Å². The van der Waals surface area contributed by atoms with Crippen LogP contribution in [0.2, 0.25) is 5.02 Å². The monoisotopic (exact) mass is 346 g/mol. The SMILES string of the molecule is O=c1c2ccccc2[nH]c2cc3c(=O)c4cccc(Cl)c4[nH]c3cc12. The number of pyridine rings is 2. The number of hydrogen-bond acceptors (Lipinski definition) is 2. The van der Waals surface area contributed by atoms with Gasteiger partial charge in [-0.25, -0.2) is 0 Å². The molecule has 0 bridgehead atoms. The Bertz CT molecular complexity index is 1450. The molecule has 0 unspecified atom stereocenters. The molecule has 0 atom stereocenters. The highest BCUT2D eigenvalue weighted by Gasteiger charge is 2.11. The summed E-state index contributed by atoms with van der Waals surface area (Å²) in [6.45, 7) is 0. The van der Waals surface area contributed by atoms with E-state index in [-0.39, 0.29) is 10.9 Å². The van der Waals surface area contributed by atoms with Gasteiger partial charge in [0.1, 0.15) is 0 Å². The Balaban J connectivity index is 2.05. The molecule has 4 nitrogen and oxygen atoms in total. The fourth-order valence-electron chi connectivity index (χ4n) is 3.38. The molecule has 2 N–H and O–H groups in total. The molecule has 120 valence electrons. The number of nitrogens with one attached hydrogen (secondary N) is 2. The maximum absolute atomic E-state index is 12.9. The minimum Gasteiger partial charge on any atom is -0.354 e. The third-order valence-electron chi connectivity index (χ3n) is 4.61. The van der Waals surface area contributed by atoms with Crippen molar-refractivity contribution >= 4 is 55.2 Å². The van der Waals surface area contributed by atoms with Crippen molar-refractivity contribution < 1.29 is 0 Å². The number of hydrogen-bond donors (Lipinski definition) is 2. The summed E-state index contributed by atoms with van der Waals surface area (Å²) in [7, 11) is 0. The molecule has 2 heterocycles. The first-order valence-corrected chi connectivity index (χ1v) is 8.20. The van der Waals surface area contributed by atoms with E-state index in [1.165, 1.54) is 0 Å². The van der Waals surface area contributed by atoms with Gasteiger partial charge in [0.15, 0.2) is 10.9 Å². The second-order valence-electron chi connectivity index (χ2n) is 6.06. The summed E-state index contributed by atoms with van der Waals surface area (Å²) in [4.78, 5) is 32.1. The van der Waals surface area contributed by atoms with Crippen molar-refractivity contribution in [2.75, 3.05) is 0 Å². The number of rotatable bonds is 0. The molecule has 0 aliphatic heterocycles. The summed E-state index contributed by atoms with van der Waals surface area (Å²) >= 11 is 6.22. The third kappa shape index (κ3) is 1.95. The van der Waals surface area contributed by atoms with Gasteiger partial charge in [-0.1, -0.05) is 29.8 Å². The Kier molecular flexibility index (Phi) is 2.82. The fraction of sp³-hybridized carbons (Fsp3) is 0. The number of aromatic nitrogens is 2. The molecule has 25 heavy (non-hydrogen) atoms. The molecule has 2 aromatic heterocycles. The third-order valence-corrected chi connectivity index (χ3v) is 4.92. The smallest absolute Gasteiger partial charge is 0.197 e. The molecule has 3 aromatic carbocycles. The first kappa shape index (κ1) is 14.3. The number of fused-ring (bicyclic) bond motifs is 4. The van der Waals surface area contributed by atoms with Crippen LogP contribution in [0.4, 0.5) is 0 Å². The summed E-state index contributed by atoms with van der Waals surface area (Å²) in [5, 5.41) is 2.68. The van der Waals surface area contributed by atoms with Gasteiger partial charge in [-0.3, -0.25) is 9.59 Å². The molecule has 0 aliphatic carbocycles. The summed E-state index contributed by atoms with van der Waals surface area (Å²) in [5.41, 5.74) is 2.40. The average Bonchev–Trinajstić information content (AvgIpc) is 2.62. The zero-order valence-electron chi connectivity index (χ0n) is 12.9. The maximum atomic E-state index is 12.9. The normalized spacial score (nSPS) is 11.7. The zero-order chi connectivity index (χ0) is 17.1. The molecular weight excluding hydrogens is 336 g/mol. The van der Waals surface area contributed by atoms with Gasteiger partial charge >= 0.3 is 0 Å². The minimum atomic E-state index is -0.109. The highest BCUT2D eigenvalue weighted by Crippen LogP contribution is 2.24. The Labute approximate surface area is 145 Å². The van der Waals surface area contributed by atoms with Crippen molar-refractivity contribution in [2.45, 2.75) is 0 Å². The summed E-state index contributed by atoms with van der Waals surface area (Å²) in [6.07, 6.45) is 0. The number of benzene rings is 3. The van der Waals surface area contributed by atoms with Crippen LogP contribution >= 0.6 is 11.6 Å². The van der Waals surface area contributed by atoms with Crippen LogP contribution in [0.25, 0.3) is 43.6 Å². The Morgan fingerprint density at radius 2 is 1.28 bits per heavy atom. The van der Waals surface area contributed by atoms with Gasteiger partial charge < -0.3 is 9.97 Å². The predicted molar refractivity (Wildman–Crippen MR) is 103 cm³/mol. The van der Waals surface area contributed by atoms with Crippen LogP contribution in [-0.4, -0.2) is 9.97 Å². The van der Waals surface area contributed by atoms with E-state index in [0.717, 1.165) is 5.52 Å². The van der Waals surface area contributed by atoms with Crippen LogP contribution in [0.5, 0.6) is 0 Å². The van der Waals surface area contributed by atoms with Crippen molar-refractivity contribution in [3.05, 3.63) is 80.1 Å². The molecule has 5 heteroatoms. The van der Waals surface area contributed by atoms with Gasteiger partial charge in [0.25, 0.3) is 0 Å². The van der Waals surface area contributed by atoms with Crippen LogP contribution in [0.1, 0.15) is 0 Å². The van der Waals surface area contributed by atoms with Crippen LogP contribution < -0.4 is 10.9 Å². The Hall–Kier alpha value is -3.11. The standard InChI is InChI=1S/C20H11ClN2O2/c21-14-6-3-5-11-18(14)23-17-9-12-16(8-13(17)20(11)25)22-15-7-2-1-4-10(15)19(12)24/h1-9H,(H,22,24)(H,23,25). The molecule has 0 amide bonds. The van der Waals surface area contributed by atoms with Crippen molar-refractivity contribution in [3.8, 4) is 0 Å². The van der Waals surface area contributed by atoms with Gasteiger partial charge in [-0.2, -0.15) is 0 Å². The molecule has 0 saturated heterocycles. The number of H-pyrrole nitrogens is 2. The summed E-state index contributed by atoms with van der Waals surface area (Å²) in [6, 6.07) is 16.0. The zero-order valence-corrected chi connectivity index (χ0v) is 13.6. The quantitative estimate of drug-likeness (QED) is 0.410. The second kappa shape index (κ2) is 4.94. The largest absolute Gasteiger partial charge is 0.354 e. The van der Waals surface area contributed by atoms with Crippen molar-refractivity contribution in [1.82, 2.24) is 9.97 Å². The summed E-state index contributed by atoms with van der Waals surface area (Å²) in [5.74, 6) is 0. The van der Waals surface area contributed by atoms with Crippen LogP contribution in [-0.2, 0) is 0 Å². The van der Waals surface area contributed by atoms with E-state index < -0.39 is 0 Å². The Morgan fingerprint density at radius 3 is 2.08 bits per heavy atom. The van der Waals surface area contributed by atoms with Crippen LogP contribution in [0.3, 0.4) is 0 Å². The second-order valence-corrected chi connectivity index (χ2v) is 6.47. The van der Waals surface area contributed by atoms with Crippen LogP contribution in [0, 0.1) is 0 Å². The predicted octanol–water partition coefficient (Wildman–Crippen LogP) is 4.33. The van der Waals surface area contributed by atoms with E-state index in [9.17, 15) is 9.59 Å². The lowest BCUT2D eigenvalue weighted by molar-refractivity contribution is 1.46. The molecule has 0 saturated carbocycles. The van der Waals surface area contributed by atoms with E-state index in [4.69, 9.17) is 11.6 Å². The first-order chi connectivity index (χ1) is 12.1. The number of aromatic amines is 2. The molecule has 0 radical (unpaired) electrons. The topological polar surface area (TPSA) is 65.7 Å². The van der Waals surface area contributed by atoms with Gasteiger partial charge in [-0.15, -0.1) is 0 Å². The van der Waals surface area contributed by atoms with Crippen molar-refractivity contribution in [2.24, 2.45) is 0 Å². The first-order valence-electron chi connectivity index (χ1n) is 7.82. The average molecular weight is 347 g/mol. The summed E-state index contributed by atoms with van der Waals surface area (Å²) < 4.78 is 0. The van der Waals surface area contributed by atoms with Crippen molar-refractivity contribution in [3.63, 3.8) is 0 Å². The van der Waals surface area contributed by atoms with E-state index in [0.29, 0.717) is 43.1 Å². The lowest BCUT2D eigenvalue weighted by Gasteiger charge is -2.07. The van der Waals surface area contributed by atoms with Gasteiger partial charge in [-0.05, 0) is 36.4 Å². The molecule has 0 fully saturated rings. The number of halogens is 1. The molecule has 0 spiro atoms. The maximum Gasteiger partial charge on any atom is 0.197 e.